The molecule has 5 heteroatoms. The van der Waals surface area contributed by atoms with Crippen LogP contribution in [0.25, 0.3) is 0 Å². The monoisotopic (exact) mass is 312 g/mol. The molecule has 0 bridgehead atoms. The van der Waals surface area contributed by atoms with Crippen molar-refractivity contribution in [2.75, 3.05) is 5.32 Å². The molecule has 0 aliphatic heterocycles. The molecule has 2 aromatic rings. The Labute approximate surface area is 132 Å². The summed E-state index contributed by atoms with van der Waals surface area (Å²) in [6.45, 7) is 3.98. The lowest BCUT2D eigenvalue weighted by Crippen LogP contribution is -2.25. The highest BCUT2D eigenvalue weighted by molar-refractivity contribution is 6.50. The van der Waals surface area contributed by atoms with Gasteiger partial charge in [-0.3, -0.25) is 14.6 Å². The molecule has 1 aliphatic carbocycles. The Morgan fingerprint density at radius 1 is 1.05 bits per heavy atom. The molecule has 0 spiro atoms. The van der Waals surface area contributed by atoms with Crippen molar-refractivity contribution in [3.05, 3.63) is 69.6 Å². The van der Waals surface area contributed by atoms with Crippen LogP contribution in [0.15, 0.2) is 47.3 Å². The third-order valence-electron chi connectivity index (χ3n) is 3.69. The number of carbonyl (C=O) groups is 2. The molecule has 0 radical (unpaired) electrons. The second-order valence-electron chi connectivity index (χ2n) is 5.17. The number of carbonyl (C=O) groups excluding carboxylic acids is 2. The minimum Gasteiger partial charge on any atom is -0.351 e. The van der Waals surface area contributed by atoms with Crippen LogP contribution in [0.4, 0.5) is 5.69 Å². The Hall–Kier alpha value is -2.46. The lowest BCUT2D eigenvalue weighted by molar-refractivity contribution is 0.0978. The number of allylic oxidation sites excluding steroid dienone is 2. The number of nitrogens with zero attached hydrogens (tertiary/aromatic N) is 1. The van der Waals surface area contributed by atoms with Crippen molar-refractivity contribution in [3.63, 3.8) is 0 Å². The number of benzene rings is 1. The van der Waals surface area contributed by atoms with Crippen LogP contribution in [0.1, 0.15) is 32.0 Å². The summed E-state index contributed by atoms with van der Waals surface area (Å²) in [6, 6.07) is 8.89. The second kappa shape index (κ2) is 5.39. The van der Waals surface area contributed by atoms with Crippen LogP contribution >= 0.6 is 11.6 Å². The summed E-state index contributed by atoms with van der Waals surface area (Å²) >= 11 is 6.08. The van der Waals surface area contributed by atoms with Gasteiger partial charge in [0.25, 0.3) is 0 Å². The maximum atomic E-state index is 12.5. The van der Waals surface area contributed by atoms with Gasteiger partial charge in [-0.15, -0.1) is 0 Å². The second-order valence-corrected chi connectivity index (χ2v) is 5.55. The summed E-state index contributed by atoms with van der Waals surface area (Å²) in [6.07, 6.45) is 1.47. The quantitative estimate of drug-likeness (QED) is 0.919. The summed E-state index contributed by atoms with van der Waals surface area (Å²) < 4.78 is 0. The average molecular weight is 313 g/mol. The molecule has 1 aromatic carbocycles. The van der Waals surface area contributed by atoms with Gasteiger partial charge in [0, 0.05) is 11.9 Å². The van der Waals surface area contributed by atoms with Crippen LogP contribution in [0.3, 0.4) is 0 Å². The van der Waals surface area contributed by atoms with E-state index < -0.39 is 5.78 Å². The zero-order valence-electron chi connectivity index (χ0n) is 12.1. The molecule has 4 nitrogen and oxygen atoms in total. The Bertz CT molecular complexity index is 840. The van der Waals surface area contributed by atoms with Gasteiger partial charge < -0.3 is 5.32 Å². The smallest absolute Gasteiger partial charge is 0.225 e. The number of pyridine rings is 1. The molecular weight excluding hydrogens is 300 g/mol. The molecule has 110 valence electrons. The van der Waals surface area contributed by atoms with E-state index in [2.05, 4.69) is 10.3 Å². The largest absolute Gasteiger partial charge is 0.351 e. The van der Waals surface area contributed by atoms with Gasteiger partial charge in [-0.05, 0) is 49.2 Å². The third-order valence-corrected chi connectivity index (χ3v) is 4.05. The number of hydrogen-bond donors (Lipinski definition) is 1. The molecule has 0 unspecified atom stereocenters. The van der Waals surface area contributed by atoms with Crippen molar-refractivity contribution in [2.45, 2.75) is 13.8 Å². The SMILES string of the molecule is Cc1ccc(NC2=C(Cl)C(=O)c3ncccc3C2=O)cc1C. The van der Waals surface area contributed by atoms with Gasteiger partial charge in [-0.1, -0.05) is 17.7 Å². The molecule has 0 amide bonds. The molecular formula is C17H13ClN2O2. The van der Waals surface area contributed by atoms with Gasteiger partial charge in [-0.25, -0.2) is 0 Å². The highest BCUT2D eigenvalue weighted by Gasteiger charge is 2.32. The number of anilines is 1. The molecule has 1 aliphatic rings. The van der Waals surface area contributed by atoms with E-state index in [-0.39, 0.29) is 27.8 Å². The molecule has 1 N–H and O–H groups in total. The fourth-order valence-corrected chi connectivity index (χ4v) is 2.52. The molecule has 1 aromatic heterocycles. The summed E-state index contributed by atoms with van der Waals surface area (Å²) in [4.78, 5) is 28.7. The number of halogens is 1. The van der Waals surface area contributed by atoms with E-state index in [9.17, 15) is 9.59 Å². The summed E-state index contributed by atoms with van der Waals surface area (Å²) in [5, 5.41) is 2.84. The average Bonchev–Trinajstić information content (AvgIpc) is 2.53. The van der Waals surface area contributed by atoms with E-state index in [1.165, 1.54) is 6.20 Å². The Morgan fingerprint density at radius 3 is 2.55 bits per heavy atom. The molecule has 0 atom stereocenters. The fraction of sp³-hybridized carbons (Fsp3) is 0.118. The van der Waals surface area contributed by atoms with Crippen molar-refractivity contribution in [1.82, 2.24) is 4.98 Å². The minimum absolute atomic E-state index is 0.0930. The normalized spacial score (nSPS) is 14.1. The van der Waals surface area contributed by atoms with Gasteiger partial charge in [0.1, 0.15) is 16.4 Å². The van der Waals surface area contributed by atoms with Gasteiger partial charge in [0.05, 0.1) is 5.56 Å². The predicted molar refractivity (Wildman–Crippen MR) is 85.3 cm³/mol. The fourth-order valence-electron chi connectivity index (χ4n) is 2.30. The lowest BCUT2D eigenvalue weighted by atomic mass is 9.96. The maximum absolute atomic E-state index is 12.5. The van der Waals surface area contributed by atoms with Crippen molar-refractivity contribution in [3.8, 4) is 0 Å². The van der Waals surface area contributed by atoms with Crippen molar-refractivity contribution >= 4 is 28.9 Å². The molecule has 0 saturated heterocycles. The van der Waals surface area contributed by atoms with Crippen molar-refractivity contribution in [2.24, 2.45) is 0 Å². The number of ketones is 2. The van der Waals surface area contributed by atoms with E-state index in [0.29, 0.717) is 5.69 Å². The predicted octanol–water partition coefficient (Wildman–Crippen LogP) is 3.64. The van der Waals surface area contributed by atoms with Crippen LogP contribution in [0, 0.1) is 13.8 Å². The highest BCUT2D eigenvalue weighted by atomic mass is 35.5. The number of Topliss-reactive ketones (excluding diaryl/α,β-unsaturated/α-hetero) is 2. The standard InChI is InChI=1S/C17H13ClN2O2/c1-9-5-6-11(8-10(9)2)20-15-13(18)17(22)14-12(16(15)21)4-3-7-19-14/h3-8,20H,1-2H3. The van der Waals surface area contributed by atoms with Crippen LogP contribution in [0.5, 0.6) is 0 Å². The first-order chi connectivity index (χ1) is 10.5. The topological polar surface area (TPSA) is 59.1 Å². The molecule has 1 heterocycles. The third kappa shape index (κ3) is 2.31. The van der Waals surface area contributed by atoms with Crippen molar-refractivity contribution < 1.29 is 9.59 Å². The number of aromatic nitrogens is 1. The Balaban J connectivity index is 2.03. The number of nitrogens with one attached hydrogen (secondary N) is 1. The summed E-state index contributed by atoms with van der Waals surface area (Å²) in [7, 11) is 0. The van der Waals surface area contributed by atoms with Gasteiger partial charge in [-0.2, -0.15) is 0 Å². The number of fused-ring (bicyclic) bond motifs is 1. The first-order valence-electron chi connectivity index (χ1n) is 6.77. The first-order valence-corrected chi connectivity index (χ1v) is 7.15. The van der Waals surface area contributed by atoms with E-state index in [0.717, 1.165) is 11.1 Å². The zero-order valence-corrected chi connectivity index (χ0v) is 12.9. The number of hydrogen-bond acceptors (Lipinski definition) is 4. The van der Waals surface area contributed by atoms with Gasteiger partial charge >= 0.3 is 0 Å². The van der Waals surface area contributed by atoms with E-state index in [1.54, 1.807) is 12.1 Å². The van der Waals surface area contributed by atoms with Crippen LogP contribution in [-0.4, -0.2) is 16.6 Å². The number of rotatable bonds is 2. The van der Waals surface area contributed by atoms with Gasteiger partial charge in [0.2, 0.25) is 11.6 Å². The Kier molecular flexibility index (Phi) is 3.54. The molecule has 0 fully saturated rings. The van der Waals surface area contributed by atoms with E-state index >= 15 is 0 Å². The molecule has 22 heavy (non-hydrogen) atoms. The molecule has 0 saturated carbocycles. The zero-order chi connectivity index (χ0) is 15.9. The molecule has 3 rings (SSSR count). The van der Waals surface area contributed by atoms with Crippen LogP contribution in [-0.2, 0) is 0 Å². The first kappa shape index (κ1) is 14.5. The maximum Gasteiger partial charge on any atom is 0.225 e. The van der Waals surface area contributed by atoms with Crippen molar-refractivity contribution in [1.29, 1.82) is 0 Å². The highest BCUT2D eigenvalue weighted by Crippen LogP contribution is 2.28. The van der Waals surface area contributed by atoms with E-state index in [1.807, 2.05) is 32.0 Å². The lowest BCUT2D eigenvalue weighted by Gasteiger charge is -2.18. The number of aryl methyl sites for hydroxylation is 2. The summed E-state index contributed by atoms with van der Waals surface area (Å²) in [5.74, 6) is -0.769. The minimum atomic E-state index is -0.441. The summed E-state index contributed by atoms with van der Waals surface area (Å²) in [5.41, 5.74) is 3.40. The Morgan fingerprint density at radius 2 is 1.82 bits per heavy atom. The van der Waals surface area contributed by atoms with Crippen LogP contribution < -0.4 is 5.32 Å². The van der Waals surface area contributed by atoms with Gasteiger partial charge in [0.15, 0.2) is 0 Å². The van der Waals surface area contributed by atoms with Crippen LogP contribution in [0.2, 0.25) is 0 Å². The van der Waals surface area contributed by atoms with E-state index in [4.69, 9.17) is 11.6 Å².